The van der Waals surface area contributed by atoms with E-state index < -0.39 is 5.60 Å². The summed E-state index contributed by atoms with van der Waals surface area (Å²) in [7, 11) is 0. The largest absolute Gasteiger partial charge is 0.444 e. The van der Waals surface area contributed by atoms with Crippen LogP contribution in [0.25, 0.3) is 0 Å². The minimum absolute atomic E-state index is 0.0733. The van der Waals surface area contributed by atoms with E-state index in [9.17, 15) is 9.59 Å². The molecule has 0 atom stereocenters. The first kappa shape index (κ1) is 15.1. The van der Waals surface area contributed by atoms with Crippen molar-refractivity contribution in [3.8, 4) is 0 Å². The van der Waals surface area contributed by atoms with E-state index in [2.05, 4.69) is 9.88 Å². The lowest BCUT2D eigenvalue weighted by atomic mass is 9.73. The molecule has 3 rings (SSSR count). The zero-order chi connectivity index (χ0) is 16.0. The maximum absolute atomic E-state index is 11.9. The molecule has 1 amide bonds. The van der Waals surface area contributed by atoms with Crippen LogP contribution in [0.2, 0.25) is 0 Å². The molecule has 1 N–H and O–H groups in total. The molecule has 0 unspecified atom stereocenters. The van der Waals surface area contributed by atoms with Crippen LogP contribution in [0.3, 0.4) is 0 Å². The molecule has 2 aliphatic heterocycles. The maximum atomic E-state index is 11.9. The Balaban J connectivity index is 1.44. The molecule has 2 fully saturated rings. The van der Waals surface area contributed by atoms with Gasteiger partial charge < -0.3 is 14.6 Å². The highest BCUT2D eigenvalue weighted by Gasteiger charge is 2.53. The molecule has 2 saturated heterocycles. The quantitative estimate of drug-likeness (QED) is 0.897. The zero-order valence-corrected chi connectivity index (χ0v) is 13.4. The molecule has 1 spiro atoms. The number of nitrogens with one attached hydrogen (secondary N) is 1. The Morgan fingerprint density at radius 3 is 2.50 bits per heavy atom. The summed E-state index contributed by atoms with van der Waals surface area (Å²) in [5, 5.41) is 0. The molecule has 22 heavy (non-hydrogen) atoms. The molecule has 0 aliphatic carbocycles. The SMILES string of the molecule is CC(C)(C)OC(=O)N1CC2(CN(Cc3ccc(=O)[nH]c3)C2)C1. The standard InChI is InChI=1S/C16H23N3O3/c1-15(2,3)22-14(21)19-10-16(11-19)8-18(9-16)7-12-4-5-13(20)17-6-12/h4-6H,7-11H2,1-3H3,(H,17,20). The van der Waals surface area contributed by atoms with Crippen LogP contribution in [-0.4, -0.2) is 52.7 Å². The molecule has 6 heteroatoms. The Labute approximate surface area is 130 Å². The Kier molecular flexibility index (Phi) is 3.51. The molecule has 1 aromatic rings. The summed E-state index contributed by atoms with van der Waals surface area (Å²) in [5.41, 5.74) is 0.850. The number of carbonyl (C=O) groups excluding carboxylic acids is 1. The number of pyridine rings is 1. The fourth-order valence-electron chi connectivity index (χ4n) is 3.23. The van der Waals surface area contributed by atoms with Crippen molar-refractivity contribution in [3.05, 3.63) is 34.2 Å². The number of rotatable bonds is 2. The average molecular weight is 305 g/mol. The first-order chi connectivity index (χ1) is 10.2. The fraction of sp³-hybridized carbons (Fsp3) is 0.625. The molecule has 3 heterocycles. The number of carbonyl (C=O) groups is 1. The van der Waals surface area contributed by atoms with Crippen LogP contribution in [0, 0.1) is 5.41 Å². The monoisotopic (exact) mass is 305 g/mol. The van der Waals surface area contributed by atoms with E-state index >= 15 is 0 Å². The van der Waals surface area contributed by atoms with Crippen molar-refractivity contribution >= 4 is 6.09 Å². The summed E-state index contributed by atoms with van der Waals surface area (Å²) in [6.45, 7) is 10.0. The predicted octanol–water partition coefficient (Wildman–Crippen LogP) is 1.43. The third-order valence-electron chi connectivity index (χ3n) is 4.08. The van der Waals surface area contributed by atoms with Gasteiger partial charge in [0.05, 0.1) is 0 Å². The van der Waals surface area contributed by atoms with Gasteiger partial charge in [-0.1, -0.05) is 6.07 Å². The van der Waals surface area contributed by atoms with Gasteiger partial charge in [0.15, 0.2) is 0 Å². The van der Waals surface area contributed by atoms with Crippen molar-refractivity contribution in [1.29, 1.82) is 0 Å². The molecule has 0 bridgehead atoms. The molecule has 0 aromatic carbocycles. The van der Waals surface area contributed by atoms with Gasteiger partial charge >= 0.3 is 6.09 Å². The molecule has 0 saturated carbocycles. The molecule has 0 radical (unpaired) electrons. The Morgan fingerprint density at radius 1 is 1.27 bits per heavy atom. The lowest BCUT2D eigenvalue weighted by molar-refractivity contribution is -0.115. The Morgan fingerprint density at radius 2 is 1.95 bits per heavy atom. The summed E-state index contributed by atoms with van der Waals surface area (Å²) in [6, 6.07) is 3.41. The molecule has 6 nitrogen and oxygen atoms in total. The van der Waals surface area contributed by atoms with Crippen LogP contribution < -0.4 is 5.56 Å². The van der Waals surface area contributed by atoms with E-state index in [-0.39, 0.29) is 17.1 Å². The smallest absolute Gasteiger partial charge is 0.410 e. The van der Waals surface area contributed by atoms with Crippen molar-refractivity contribution in [2.24, 2.45) is 5.41 Å². The number of amides is 1. The lowest BCUT2D eigenvalue weighted by Crippen LogP contribution is -2.72. The molecule has 2 aliphatic rings. The van der Waals surface area contributed by atoms with Crippen LogP contribution in [0.1, 0.15) is 26.3 Å². The highest BCUT2D eigenvalue weighted by molar-refractivity contribution is 5.69. The van der Waals surface area contributed by atoms with Crippen LogP contribution in [-0.2, 0) is 11.3 Å². The van der Waals surface area contributed by atoms with Gasteiger partial charge in [0, 0.05) is 50.4 Å². The summed E-state index contributed by atoms with van der Waals surface area (Å²) < 4.78 is 5.38. The first-order valence-corrected chi connectivity index (χ1v) is 7.63. The highest BCUT2D eigenvalue weighted by atomic mass is 16.6. The number of aromatic amines is 1. The third kappa shape index (κ3) is 3.16. The summed E-state index contributed by atoms with van der Waals surface area (Å²) >= 11 is 0. The minimum Gasteiger partial charge on any atom is -0.444 e. The first-order valence-electron chi connectivity index (χ1n) is 7.63. The van der Waals surface area contributed by atoms with Gasteiger partial charge in [-0.2, -0.15) is 0 Å². The summed E-state index contributed by atoms with van der Waals surface area (Å²) in [6.07, 6.45) is 1.55. The van der Waals surface area contributed by atoms with Crippen molar-refractivity contribution < 1.29 is 9.53 Å². The van der Waals surface area contributed by atoms with Gasteiger partial charge in [-0.15, -0.1) is 0 Å². The number of ether oxygens (including phenoxy) is 1. The van der Waals surface area contributed by atoms with E-state index in [1.165, 1.54) is 0 Å². The van der Waals surface area contributed by atoms with Gasteiger partial charge in [-0.05, 0) is 26.3 Å². The van der Waals surface area contributed by atoms with Gasteiger partial charge in [0.1, 0.15) is 5.60 Å². The predicted molar refractivity (Wildman–Crippen MR) is 82.6 cm³/mol. The van der Waals surface area contributed by atoms with E-state index in [4.69, 9.17) is 4.74 Å². The Bertz CT molecular complexity index is 598. The van der Waals surface area contributed by atoms with Crippen molar-refractivity contribution in [2.75, 3.05) is 26.2 Å². The molecular formula is C16H23N3O3. The van der Waals surface area contributed by atoms with E-state index in [0.717, 1.165) is 38.3 Å². The van der Waals surface area contributed by atoms with Crippen LogP contribution in [0.5, 0.6) is 0 Å². The lowest BCUT2D eigenvalue weighted by Gasteiger charge is -2.60. The average Bonchev–Trinajstić information content (AvgIpc) is 2.30. The minimum atomic E-state index is -0.435. The molecular weight excluding hydrogens is 282 g/mol. The van der Waals surface area contributed by atoms with Gasteiger partial charge in [0.25, 0.3) is 0 Å². The normalized spacial score (nSPS) is 20.4. The van der Waals surface area contributed by atoms with Crippen molar-refractivity contribution in [1.82, 2.24) is 14.8 Å². The van der Waals surface area contributed by atoms with Crippen LogP contribution in [0.15, 0.2) is 23.1 Å². The third-order valence-corrected chi connectivity index (χ3v) is 4.08. The highest BCUT2D eigenvalue weighted by Crippen LogP contribution is 2.40. The molecule has 120 valence electrons. The van der Waals surface area contributed by atoms with E-state index in [1.807, 2.05) is 26.8 Å². The second-order valence-corrected chi connectivity index (χ2v) is 7.54. The summed E-state index contributed by atoms with van der Waals surface area (Å²) in [5.74, 6) is 0. The number of aromatic nitrogens is 1. The Hall–Kier alpha value is -1.82. The zero-order valence-electron chi connectivity index (χ0n) is 13.4. The summed E-state index contributed by atoms with van der Waals surface area (Å²) in [4.78, 5) is 29.8. The fourth-order valence-corrected chi connectivity index (χ4v) is 3.23. The second kappa shape index (κ2) is 5.12. The number of nitrogens with zero attached hydrogens (tertiary/aromatic N) is 2. The second-order valence-electron chi connectivity index (χ2n) is 7.54. The number of likely N-dealkylation sites (tertiary alicyclic amines) is 2. The van der Waals surface area contributed by atoms with Crippen LogP contribution >= 0.6 is 0 Å². The van der Waals surface area contributed by atoms with E-state index in [0.29, 0.717) is 0 Å². The number of H-pyrrole nitrogens is 1. The topological polar surface area (TPSA) is 65.6 Å². The van der Waals surface area contributed by atoms with Crippen LogP contribution in [0.4, 0.5) is 4.79 Å². The van der Waals surface area contributed by atoms with Gasteiger partial charge in [-0.3, -0.25) is 9.69 Å². The number of hydrogen-bond donors (Lipinski definition) is 1. The maximum Gasteiger partial charge on any atom is 0.410 e. The van der Waals surface area contributed by atoms with E-state index in [1.54, 1.807) is 17.2 Å². The van der Waals surface area contributed by atoms with Crippen molar-refractivity contribution in [3.63, 3.8) is 0 Å². The molecule has 1 aromatic heterocycles. The van der Waals surface area contributed by atoms with Gasteiger partial charge in [0.2, 0.25) is 5.56 Å². The van der Waals surface area contributed by atoms with Gasteiger partial charge in [-0.25, -0.2) is 4.79 Å². The number of hydrogen-bond acceptors (Lipinski definition) is 4. The van der Waals surface area contributed by atoms with Crippen molar-refractivity contribution in [2.45, 2.75) is 32.9 Å².